The van der Waals surface area contributed by atoms with Crippen molar-refractivity contribution < 1.29 is 22.0 Å². The maximum Gasteiger partial charge on any atom is 0.277 e. The number of carbonyl (C=O) groups excluding carboxylic acids is 1. The van der Waals surface area contributed by atoms with E-state index in [1.807, 2.05) is 0 Å². The van der Waals surface area contributed by atoms with Gasteiger partial charge in [0.25, 0.3) is 11.8 Å². The summed E-state index contributed by atoms with van der Waals surface area (Å²) in [6.45, 7) is 3.34. The van der Waals surface area contributed by atoms with Crippen molar-refractivity contribution in [1.82, 2.24) is 10.0 Å². The number of halogens is 2. The fraction of sp³-hybridized carbons (Fsp3) is 0.500. The van der Waals surface area contributed by atoms with E-state index in [4.69, 9.17) is 5.73 Å². The molecule has 0 aromatic heterocycles. The Labute approximate surface area is 134 Å². The third-order valence-corrected chi connectivity index (χ3v) is 4.45. The molecule has 0 radical (unpaired) electrons. The van der Waals surface area contributed by atoms with Crippen molar-refractivity contribution in [2.75, 3.05) is 13.1 Å². The fourth-order valence-electron chi connectivity index (χ4n) is 1.63. The van der Waals surface area contributed by atoms with Crippen LogP contribution >= 0.6 is 0 Å². The number of benzene rings is 1. The number of alkyl halides is 2. The Morgan fingerprint density at radius 3 is 2.13 bits per heavy atom. The van der Waals surface area contributed by atoms with E-state index < -0.39 is 40.5 Å². The highest BCUT2D eigenvalue weighted by Crippen LogP contribution is 2.14. The molecule has 0 aliphatic carbocycles. The van der Waals surface area contributed by atoms with Crippen molar-refractivity contribution in [2.24, 2.45) is 5.73 Å². The second-order valence-corrected chi connectivity index (χ2v) is 7.81. The SMILES string of the molecule is CC(C)(C)NS(=O)(=O)c1ccc(C(=O)NCC(F)(F)CN)cc1. The molecule has 0 atom stereocenters. The van der Waals surface area contributed by atoms with E-state index in [0.717, 1.165) is 0 Å². The van der Waals surface area contributed by atoms with Gasteiger partial charge in [-0.3, -0.25) is 4.79 Å². The molecule has 1 aromatic rings. The number of hydrogen-bond acceptors (Lipinski definition) is 4. The molecular weight excluding hydrogens is 328 g/mol. The lowest BCUT2D eigenvalue weighted by molar-refractivity contribution is 0.0118. The molecule has 23 heavy (non-hydrogen) atoms. The van der Waals surface area contributed by atoms with E-state index in [1.54, 1.807) is 20.8 Å². The molecule has 0 heterocycles. The number of sulfonamides is 1. The average molecular weight is 349 g/mol. The average Bonchev–Trinajstić information content (AvgIpc) is 2.42. The van der Waals surface area contributed by atoms with Gasteiger partial charge in [-0.15, -0.1) is 0 Å². The third-order valence-electron chi connectivity index (χ3n) is 2.67. The van der Waals surface area contributed by atoms with Crippen molar-refractivity contribution >= 4 is 15.9 Å². The summed E-state index contributed by atoms with van der Waals surface area (Å²) in [6, 6.07) is 4.99. The first-order valence-corrected chi connectivity index (χ1v) is 8.35. The Balaban J connectivity index is 2.83. The Bertz CT molecular complexity index is 653. The molecule has 130 valence electrons. The smallest absolute Gasteiger partial charge is 0.277 e. The van der Waals surface area contributed by atoms with Gasteiger partial charge in [0, 0.05) is 11.1 Å². The second kappa shape index (κ2) is 6.90. The van der Waals surface area contributed by atoms with E-state index >= 15 is 0 Å². The van der Waals surface area contributed by atoms with Gasteiger partial charge in [-0.25, -0.2) is 21.9 Å². The Morgan fingerprint density at radius 1 is 1.17 bits per heavy atom. The first-order valence-electron chi connectivity index (χ1n) is 6.86. The van der Waals surface area contributed by atoms with Gasteiger partial charge < -0.3 is 11.1 Å². The van der Waals surface area contributed by atoms with Gasteiger partial charge >= 0.3 is 0 Å². The Hall–Kier alpha value is -1.58. The fourth-order valence-corrected chi connectivity index (χ4v) is 3.05. The van der Waals surface area contributed by atoms with Gasteiger partial charge in [-0.05, 0) is 45.0 Å². The molecule has 0 spiro atoms. The van der Waals surface area contributed by atoms with Crippen LogP contribution in [0.2, 0.25) is 0 Å². The van der Waals surface area contributed by atoms with E-state index in [9.17, 15) is 22.0 Å². The van der Waals surface area contributed by atoms with Crippen LogP contribution in [0.1, 0.15) is 31.1 Å². The molecule has 0 saturated carbocycles. The quantitative estimate of drug-likeness (QED) is 0.715. The predicted molar refractivity (Wildman–Crippen MR) is 82.9 cm³/mol. The van der Waals surface area contributed by atoms with Crippen molar-refractivity contribution in [3.05, 3.63) is 29.8 Å². The maximum absolute atomic E-state index is 13.0. The highest BCUT2D eigenvalue weighted by Gasteiger charge is 2.27. The van der Waals surface area contributed by atoms with E-state index in [1.165, 1.54) is 24.3 Å². The number of rotatable bonds is 6. The van der Waals surface area contributed by atoms with E-state index in [2.05, 4.69) is 10.0 Å². The zero-order valence-corrected chi connectivity index (χ0v) is 14.0. The van der Waals surface area contributed by atoms with Crippen LogP contribution in [0.5, 0.6) is 0 Å². The molecule has 6 nitrogen and oxygen atoms in total. The van der Waals surface area contributed by atoms with Crippen LogP contribution in [0.4, 0.5) is 8.78 Å². The van der Waals surface area contributed by atoms with Gasteiger partial charge in [-0.2, -0.15) is 0 Å². The molecule has 0 aliphatic rings. The summed E-state index contributed by atoms with van der Waals surface area (Å²) in [4.78, 5) is 11.7. The summed E-state index contributed by atoms with van der Waals surface area (Å²) >= 11 is 0. The number of nitrogens with two attached hydrogens (primary N) is 1. The minimum absolute atomic E-state index is 0.0173. The highest BCUT2D eigenvalue weighted by atomic mass is 32.2. The second-order valence-electron chi connectivity index (χ2n) is 6.12. The number of carbonyl (C=O) groups is 1. The number of nitrogens with one attached hydrogen (secondary N) is 2. The van der Waals surface area contributed by atoms with Gasteiger partial charge in [0.15, 0.2) is 0 Å². The zero-order valence-electron chi connectivity index (χ0n) is 13.2. The van der Waals surface area contributed by atoms with E-state index in [-0.39, 0.29) is 10.5 Å². The number of hydrogen-bond donors (Lipinski definition) is 3. The molecule has 1 rings (SSSR count). The summed E-state index contributed by atoms with van der Waals surface area (Å²) in [7, 11) is -3.72. The molecule has 1 amide bonds. The van der Waals surface area contributed by atoms with Gasteiger partial charge in [0.1, 0.15) is 0 Å². The molecule has 0 unspecified atom stereocenters. The van der Waals surface area contributed by atoms with Crippen LogP contribution in [0, 0.1) is 0 Å². The minimum Gasteiger partial charge on any atom is -0.346 e. The van der Waals surface area contributed by atoms with Gasteiger partial charge in [-0.1, -0.05) is 0 Å². The standard InChI is InChI=1S/C14H21F2N3O3S/c1-13(2,3)19-23(21,22)11-6-4-10(5-7-11)12(20)18-9-14(15,16)8-17/h4-7,19H,8-9,17H2,1-3H3,(H,18,20). The maximum atomic E-state index is 13.0. The molecule has 0 fully saturated rings. The van der Waals surface area contributed by atoms with Gasteiger partial charge in [0.05, 0.1) is 18.0 Å². The Morgan fingerprint density at radius 2 is 1.70 bits per heavy atom. The van der Waals surface area contributed by atoms with Crippen molar-refractivity contribution in [3.63, 3.8) is 0 Å². The Kier molecular flexibility index (Phi) is 5.84. The zero-order chi connectivity index (χ0) is 17.9. The van der Waals surface area contributed by atoms with E-state index in [0.29, 0.717) is 0 Å². The molecule has 1 aromatic carbocycles. The lowest BCUT2D eigenvalue weighted by atomic mass is 10.1. The van der Waals surface area contributed by atoms with Gasteiger partial charge in [0.2, 0.25) is 10.0 Å². The largest absolute Gasteiger partial charge is 0.346 e. The minimum atomic E-state index is -3.72. The molecule has 0 bridgehead atoms. The predicted octanol–water partition coefficient (Wildman–Crippen LogP) is 1.09. The normalized spacial score (nSPS) is 13.0. The first-order chi connectivity index (χ1) is 10.4. The number of amides is 1. The monoisotopic (exact) mass is 349 g/mol. The lowest BCUT2D eigenvalue weighted by Crippen LogP contribution is -2.41. The first kappa shape index (κ1) is 19.5. The molecule has 9 heteroatoms. The third kappa shape index (κ3) is 6.20. The summed E-state index contributed by atoms with van der Waals surface area (Å²) in [6.07, 6.45) is 0. The molecule has 4 N–H and O–H groups in total. The van der Waals surface area contributed by atoms with Crippen LogP contribution in [0.3, 0.4) is 0 Å². The van der Waals surface area contributed by atoms with Crippen molar-refractivity contribution in [3.8, 4) is 0 Å². The highest BCUT2D eigenvalue weighted by molar-refractivity contribution is 7.89. The lowest BCUT2D eigenvalue weighted by Gasteiger charge is -2.20. The summed E-state index contributed by atoms with van der Waals surface area (Å²) in [5.74, 6) is -3.92. The molecule has 0 aliphatic heterocycles. The van der Waals surface area contributed by atoms with Crippen LogP contribution in [0.25, 0.3) is 0 Å². The summed E-state index contributed by atoms with van der Waals surface area (Å²) < 4.78 is 52.6. The topological polar surface area (TPSA) is 101 Å². The summed E-state index contributed by atoms with van der Waals surface area (Å²) in [5.41, 5.74) is 4.30. The molecule has 0 saturated heterocycles. The summed E-state index contributed by atoms with van der Waals surface area (Å²) in [5, 5.41) is 2.05. The van der Waals surface area contributed by atoms with Crippen LogP contribution in [-0.4, -0.2) is 38.9 Å². The van der Waals surface area contributed by atoms with Crippen LogP contribution in [0.15, 0.2) is 29.2 Å². The van der Waals surface area contributed by atoms with Crippen LogP contribution in [-0.2, 0) is 10.0 Å². The van der Waals surface area contributed by atoms with Crippen LogP contribution < -0.4 is 15.8 Å². The van der Waals surface area contributed by atoms with Crippen molar-refractivity contribution in [1.29, 1.82) is 0 Å². The van der Waals surface area contributed by atoms with Crippen molar-refractivity contribution in [2.45, 2.75) is 37.1 Å². The molecular formula is C14H21F2N3O3S.